The molecule has 0 aliphatic rings. The molecule has 1 unspecified atom stereocenters. The van der Waals surface area contributed by atoms with Gasteiger partial charge >= 0.3 is 0 Å². The monoisotopic (exact) mass is 230 g/mol. The molecule has 1 N–H and O–H groups in total. The molecule has 0 fully saturated rings. The number of aromatic nitrogens is 3. The van der Waals surface area contributed by atoms with Gasteiger partial charge in [-0.25, -0.2) is 0 Å². The first-order valence-corrected chi connectivity index (χ1v) is 5.87. The average molecular weight is 230 g/mol. The van der Waals surface area contributed by atoms with Crippen molar-refractivity contribution < 1.29 is 0 Å². The van der Waals surface area contributed by atoms with Crippen LogP contribution in [0.5, 0.6) is 0 Å². The Bertz CT molecular complexity index is 449. The van der Waals surface area contributed by atoms with Crippen LogP contribution in [0.2, 0.25) is 0 Å². The predicted molar refractivity (Wildman–Crippen MR) is 67.6 cm³/mol. The van der Waals surface area contributed by atoms with Gasteiger partial charge in [0.2, 0.25) is 0 Å². The van der Waals surface area contributed by atoms with Crippen molar-refractivity contribution in [3.63, 3.8) is 0 Å². The highest BCUT2D eigenvalue weighted by Gasteiger charge is 2.07. The fourth-order valence-corrected chi connectivity index (χ4v) is 1.89. The van der Waals surface area contributed by atoms with Crippen LogP contribution in [0.15, 0.2) is 36.8 Å². The lowest BCUT2D eigenvalue weighted by atomic mass is 10.2. The van der Waals surface area contributed by atoms with E-state index in [0.29, 0.717) is 6.04 Å². The zero-order chi connectivity index (χ0) is 12.1. The Labute approximate surface area is 102 Å². The summed E-state index contributed by atoms with van der Waals surface area (Å²) in [4.78, 5) is 4.10. The number of hydrogen-bond acceptors (Lipinski definition) is 3. The highest BCUT2D eigenvalue weighted by Crippen LogP contribution is 2.09. The first kappa shape index (κ1) is 11.8. The van der Waals surface area contributed by atoms with E-state index in [1.165, 1.54) is 11.3 Å². The standard InChI is InChI=1S/C13H18N4/c1-11(13-6-9-16-17(13)2)15-8-5-12-4-3-7-14-10-12/h3-4,6-7,9-11,15H,5,8H2,1-2H3. The normalized spacial score (nSPS) is 12.6. The van der Waals surface area contributed by atoms with E-state index >= 15 is 0 Å². The molecule has 1 atom stereocenters. The van der Waals surface area contributed by atoms with Crippen LogP contribution < -0.4 is 5.32 Å². The quantitative estimate of drug-likeness (QED) is 0.850. The number of nitrogens with one attached hydrogen (secondary N) is 1. The molecule has 4 heteroatoms. The molecule has 2 aromatic heterocycles. The van der Waals surface area contributed by atoms with Crippen molar-refractivity contribution >= 4 is 0 Å². The Morgan fingerprint density at radius 3 is 2.88 bits per heavy atom. The summed E-state index contributed by atoms with van der Waals surface area (Å²) in [7, 11) is 1.97. The molecule has 2 aromatic rings. The van der Waals surface area contributed by atoms with E-state index in [1.54, 1.807) is 6.20 Å². The predicted octanol–water partition coefficient (Wildman–Crippen LogP) is 1.71. The van der Waals surface area contributed by atoms with Crippen LogP contribution in [-0.2, 0) is 13.5 Å². The molecule has 0 spiro atoms. The first-order valence-electron chi connectivity index (χ1n) is 5.87. The number of pyridine rings is 1. The summed E-state index contributed by atoms with van der Waals surface area (Å²) in [6.45, 7) is 3.10. The molecule has 2 heterocycles. The molecule has 2 rings (SSSR count). The topological polar surface area (TPSA) is 42.7 Å². The van der Waals surface area contributed by atoms with E-state index in [-0.39, 0.29) is 0 Å². The molecular weight excluding hydrogens is 212 g/mol. The molecule has 0 aliphatic carbocycles. The summed E-state index contributed by atoms with van der Waals surface area (Å²) in [5, 5.41) is 7.66. The summed E-state index contributed by atoms with van der Waals surface area (Å²) in [6, 6.07) is 6.43. The van der Waals surface area contributed by atoms with Crippen molar-refractivity contribution in [2.45, 2.75) is 19.4 Å². The molecule has 0 aromatic carbocycles. The van der Waals surface area contributed by atoms with Gasteiger partial charge in [0.25, 0.3) is 0 Å². The van der Waals surface area contributed by atoms with E-state index in [2.05, 4.69) is 28.4 Å². The molecule has 0 bridgehead atoms. The van der Waals surface area contributed by atoms with E-state index in [9.17, 15) is 0 Å². The maximum Gasteiger partial charge on any atom is 0.0547 e. The molecular formula is C13H18N4. The van der Waals surface area contributed by atoms with Crippen LogP contribution in [0, 0.1) is 0 Å². The van der Waals surface area contributed by atoms with Crippen molar-refractivity contribution in [1.82, 2.24) is 20.1 Å². The zero-order valence-electron chi connectivity index (χ0n) is 10.3. The lowest BCUT2D eigenvalue weighted by molar-refractivity contribution is 0.532. The summed E-state index contributed by atoms with van der Waals surface area (Å²) < 4.78 is 1.90. The lowest BCUT2D eigenvalue weighted by Gasteiger charge is -2.13. The van der Waals surface area contributed by atoms with Crippen LogP contribution >= 0.6 is 0 Å². The molecule has 0 saturated heterocycles. The zero-order valence-corrected chi connectivity index (χ0v) is 10.3. The van der Waals surface area contributed by atoms with Crippen LogP contribution in [0.25, 0.3) is 0 Å². The molecule has 0 saturated carbocycles. The van der Waals surface area contributed by atoms with Crippen molar-refractivity contribution in [2.24, 2.45) is 7.05 Å². The van der Waals surface area contributed by atoms with Gasteiger partial charge in [-0.3, -0.25) is 9.67 Å². The summed E-state index contributed by atoms with van der Waals surface area (Å²) in [5.74, 6) is 0. The van der Waals surface area contributed by atoms with E-state index in [1.807, 2.05) is 36.3 Å². The summed E-state index contributed by atoms with van der Waals surface area (Å²) in [5.41, 5.74) is 2.47. The second-order valence-corrected chi connectivity index (χ2v) is 4.17. The van der Waals surface area contributed by atoms with Gasteiger partial charge in [-0.15, -0.1) is 0 Å². The van der Waals surface area contributed by atoms with E-state index in [0.717, 1.165) is 13.0 Å². The Morgan fingerprint density at radius 2 is 2.24 bits per heavy atom. The Morgan fingerprint density at radius 1 is 1.35 bits per heavy atom. The van der Waals surface area contributed by atoms with Gasteiger partial charge in [0.15, 0.2) is 0 Å². The van der Waals surface area contributed by atoms with Crippen LogP contribution in [-0.4, -0.2) is 21.3 Å². The Balaban J connectivity index is 1.81. The minimum absolute atomic E-state index is 0.319. The van der Waals surface area contributed by atoms with Gasteiger partial charge in [0.1, 0.15) is 0 Å². The molecule has 90 valence electrons. The lowest BCUT2D eigenvalue weighted by Crippen LogP contribution is -2.23. The Hall–Kier alpha value is -1.68. The van der Waals surface area contributed by atoms with Crippen LogP contribution in [0.3, 0.4) is 0 Å². The van der Waals surface area contributed by atoms with Gasteiger partial charge in [-0.05, 0) is 37.6 Å². The van der Waals surface area contributed by atoms with E-state index in [4.69, 9.17) is 0 Å². The summed E-state index contributed by atoms with van der Waals surface area (Å²) in [6.07, 6.45) is 6.54. The third-order valence-electron chi connectivity index (χ3n) is 2.89. The van der Waals surface area contributed by atoms with Gasteiger partial charge in [-0.2, -0.15) is 5.10 Å². The van der Waals surface area contributed by atoms with Crippen molar-refractivity contribution in [3.05, 3.63) is 48.0 Å². The highest BCUT2D eigenvalue weighted by atomic mass is 15.3. The van der Waals surface area contributed by atoms with Gasteiger partial charge < -0.3 is 5.32 Å². The number of rotatable bonds is 5. The molecule has 4 nitrogen and oxygen atoms in total. The maximum absolute atomic E-state index is 4.17. The fraction of sp³-hybridized carbons (Fsp3) is 0.385. The maximum atomic E-state index is 4.17. The minimum atomic E-state index is 0.319. The smallest absolute Gasteiger partial charge is 0.0547 e. The fourth-order valence-electron chi connectivity index (χ4n) is 1.89. The van der Waals surface area contributed by atoms with E-state index < -0.39 is 0 Å². The second kappa shape index (κ2) is 5.59. The van der Waals surface area contributed by atoms with Crippen LogP contribution in [0.4, 0.5) is 0 Å². The third kappa shape index (κ3) is 3.14. The highest BCUT2D eigenvalue weighted by molar-refractivity contribution is 5.09. The van der Waals surface area contributed by atoms with Gasteiger partial charge in [0.05, 0.1) is 5.69 Å². The summed E-state index contributed by atoms with van der Waals surface area (Å²) >= 11 is 0. The van der Waals surface area contributed by atoms with Gasteiger partial charge in [-0.1, -0.05) is 6.07 Å². The molecule has 0 radical (unpaired) electrons. The van der Waals surface area contributed by atoms with Crippen molar-refractivity contribution in [1.29, 1.82) is 0 Å². The second-order valence-electron chi connectivity index (χ2n) is 4.17. The largest absolute Gasteiger partial charge is 0.309 e. The molecule has 17 heavy (non-hydrogen) atoms. The van der Waals surface area contributed by atoms with Crippen LogP contribution in [0.1, 0.15) is 24.2 Å². The van der Waals surface area contributed by atoms with Gasteiger partial charge in [0, 0.05) is 31.7 Å². The Kier molecular flexibility index (Phi) is 3.88. The molecule has 0 amide bonds. The molecule has 0 aliphatic heterocycles. The number of nitrogens with zero attached hydrogens (tertiary/aromatic N) is 3. The SMILES string of the molecule is CC(NCCc1cccnc1)c1ccnn1C. The third-order valence-corrected chi connectivity index (χ3v) is 2.89. The minimum Gasteiger partial charge on any atom is -0.309 e. The first-order chi connectivity index (χ1) is 8.27. The number of hydrogen-bond donors (Lipinski definition) is 1. The van der Waals surface area contributed by atoms with Crippen molar-refractivity contribution in [3.8, 4) is 0 Å². The number of aryl methyl sites for hydroxylation is 1. The van der Waals surface area contributed by atoms with Crippen molar-refractivity contribution in [2.75, 3.05) is 6.54 Å². The average Bonchev–Trinajstić information content (AvgIpc) is 2.77.